The summed E-state index contributed by atoms with van der Waals surface area (Å²) in [5, 5.41) is 0. The highest BCUT2D eigenvalue weighted by atomic mass is 16.1. The quantitative estimate of drug-likeness (QED) is 0.734. The second kappa shape index (κ2) is 6.88. The summed E-state index contributed by atoms with van der Waals surface area (Å²) >= 11 is 0. The Morgan fingerprint density at radius 2 is 1.84 bits per heavy atom. The molecule has 0 N–H and O–H groups in total. The standard InChI is InChI=1S/C18H26O/c1-3-5-6-15-7-10-16(11-8-15)17-12-9-14(4-2)13-18(17)19/h7-8,10-11,14,17H,3-6,9,12-13H2,1-2H3. The zero-order chi connectivity index (χ0) is 13.7. The Morgan fingerprint density at radius 1 is 1.11 bits per heavy atom. The number of aryl methyl sites for hydroxylation is 1. The first-order valence-corrected chi connectivity index (χ1v) is 7.86. The average molecular weight is 258 g/mol. The van der Waals surface area contributed by atoms with E-state index in [1.54, 1.807) is 0 Å². The number of Topliss-reactive ketones (excluding diaryl/α,β-unsaturated/α-hetero) is 1. The van der Waals surface area contributed by atoms with Crippen LogP contribution in [0.25, 0.3) is 0 Å². The summed E-state index contributed by atoms with van der Waals surface area (Å²) in [7, 11) is 0. The van der Waals surface area contributed by atoms with Crippen LogP contribution in [0.15, 0.2) is 24.3 Å². The lowest BCUT2D eigenvalue weighted by atomic mass is 9.77. The second-order valence-electron chi connectivity index (χ2n) is 5.92. The highest BCUT2D eigenvalue weighted by Crippen LogP contribution is 2.34. The fourth-order valence-electron chi connectivity index (χ4n) is 3.09. The third kappa shape index (κ3) is 3.68. The third-order valence-corrected chi connectivity index (χ3v) is 4.52. The molecule has 0 radical (unpaired) electrons. The Bertz CT molecular complexity index is 404. The highest BCUT2D eigenvalue weighted by molar-refractivity contribution is 5.86. The molecule has 1 aliphatic carbocycles. The maximum atomic E-state index is 12.2. The van der Waals surface area contributed by atoms with E-state index in [1.165, 1.54) is 30.4 Å². The average Bonchev–Trinajstić information content (AvgIpc) is 2.45. The summed E-state index contributed by atoms with van der Waals surface area (Å²) in [5.74, 6) is 1.26. The van der Waals surface area contributed by atoms with Crippen molar-refractivity contribution in [1.29, 1.82) is 0 Å². The number of carbonyl (C=O) groups excluding carboxylic acids is 1. The van der Waals surface area contributed by atoms with Gasteiger partial charge in [0.25, 0.3) is 0 Å². The lowest BCUT2D eigenvalue weighted by Crippen LogP contribution is -2.23. The van der Waals surface area contributed by atoms with Crippen molar-refractivity contribution in [2.24, 2.45) is 5.92 Å². The van der Waals surface area contributed by atoms with Gasteiger partial charge in [-0.25, -0.2) is 0 Å². The van der Waals surface area contributed by atoms with E-state index in [4.69, 9.17) is 0 Å². The van der Waals surface area contributed by atoms with Crippen LogP contribution in [0, 0.1) is 5.92 Å². The molecular weight excluding hydrogens is 232 g/mol. The molecule has 104 valence electrons. The van der Waals surface area contributed by atoms with Gasteiger partial charge >= 0.3 is 0 Å². The summed E-state index contributed by atoms with van der Waals surface area (Å²) < 4.78 is 0. The number of unbranched alkanes of at least 4 members (excludes halogenated alkanes) is 1. The van der Waals surface area contributed by atoms with E-state index < -0.39 is 0 Å². The summed E-state index contributed by atoms with van der Waals surface area (Å²) in [5.41, 5.74) is 2.64. The molecule has 1 saturated carbocycles. The molecule has 1 heteroatoms. The van der Waals surface area contributed by atoms with Gasteiger partial charge in [0.05, 0.1) is 0 Å². The van der Waals surface area contributed by atoms with Crippen LogP contribution < -0.4 is 0 Å². The van der Waals surface area contributed by atoms with Crippen molar-refractivity contribution in [2.45, 2.75) is 64.7 Å². The predicted octanol–water partition coefficient (Wildman–Crippen LogP) is 4.89. The van der Waals surface area contributed by atoms with E-state index in [2.05, 4.69) is 38.1 Å². The van der Waals surface area contributed by atoms with Crippen LogP contribution in [0.3, 0.4) is 0 Å². The first-order chi connectivity index (χ1) is 9.24. The Morgan fingerprint density at radius 3 is 2.42 bits per heavy atom. The largest absolute Gasteiger partial charge is 0.299 e. The Labute approximate surface area is 117 Å². The zero-order valence-corrected chi connectivity index (χ0v) is 12.3. The maximum Gasteiger partial charge on any atom is 0.140 e. The SMILES string of the molecule is CCCCc1ccc(C2CCC(CC)CC2=O)cc1. The molecule has 1 nitrogen and oxygen atoms in total. The molecule has 1 fully saturated rings. The predicted molar refractivity (Wildman–Crippen MR) is 80.4 cm³/mol. The molecule has 0 spiro atoms. The number of ketones is 1. The molecule has 0 bridgehead atoms. The van der Waals surface area contributed by atoms with Crippen LogP contribution in [-0.4, -0.2) is 5.78 Å². The lowest BCUT2D eigenvalue weighted by molar-refractivity contribution is -0.123. The number of benzene rings is 1. The molecule has 19 heavy (non-hydrogen) atoms. The van der Waals surface area contributed by atoms with Gasteiger partial charge in [-0.2, -0.15) is 0 Å². The summed E-state index contributed by atoms with van der Waals surface area (Å²) in [4.78, 5) is 12.2. The molecule has 0 aromatic heterocycles. The smallest absolute Gasteiger partial charge is 0.140 e. The van der Waals surface area contributed by atoms with Gasteiger partial charge in [-0.05, 0) is 42.7 Å². The van der Waals surface area contributed by atoms with Gasteiger partial charge < -0.3 is 0 Å². The molecule has 2 rings (SSSR count). The van der Waals surface area contributed by atoms with Crippen molar-refractivity contribution in [2.75, 3.05) is 0 Å². The van der Waals surface area contributed by atoms with Crippen molar-refractivity contribution in [3.63, 3.8) is 0 Å². The molecule has 0 amide bonds. The van der Waals surface area contributed by atoms with Crippen LogP contribution >= 0.6 is 0 Å². The van der Waals surface area contributed by atoms with Gasteiger partial charge in [-0.1, -0.05) is 51.0 Å². The number of rotatable bonds is 5. The molecule has 1 aromatic carbocycles. The van der Waals surface area contributed by atoms with Gasteiger partial charge in [0.15, 0.2) is 0 Å². The third-order valence-electron chi connectivity index (χ3n) is 4.52. The van der Waals surface area contributed by atoms with E-state index in [-0.39, 0.29) is 5.92 Å². The van der Waals surface area contributed by atoms with Gasteiger partial charge in [-0.15, -0.1) is 0 Å². The number of hydrogen-bond donors (Lipinski definition) is 0. The van der Waals surface area contributed by atoms with Crippen molar-refractivity contribution < 1.29 is 4.79 Å². The van der Waals surface area contributed by atoms with Crippen molar-refractivity contribution >= 4 is 5.78 Å². The van der Waals surface area contributed by atoms with E-state index in [0.29, 0.717) is 11.7 Å². The summed E-state index contributed by atoms with van der Waals surface area (Å²) in [6.45, 7) is 4.42. The van der Waals surface area contributed by atoms with Crippen molar-refractivity contribution in [3.8, 4) is 0 Å². The van der Waals surface area contributed by atoms with E-state index in [0.717, 1.165) is 25.7 Å². The maximum absolute atomic E-state index is 12.2. The van der Waals surface area contributed by atoms with Gasteiger partial charge in [0, 0.05) is 12.3 Å². The number of carbonyl (C=O) groups is 1. The van der Waals surface area contributed by atoms with Crippen LogP contribution in [0.5, 0.6) is 0 Å². The monoisotopic (exact) mass is 258 g/mol. The second-order valence-corrected chi connectivity index (χ2v) is 5.92. The summed E-state index contributed by atoms with van der Waals surface area (Å²) in [6.07, 6.45) is 7.85. The lowest BCUT2D eigenvalue weighted by Gasteiger charge is -2.27. The minimum Gasteiger partial charge on any atom is -0.299 e. The Kier molecular flexibility index (Phi) is 5.18. The summed E-state index contributed by atoms with van der Waals surface area (Å²) in [6, 6.07) is 8.79. The van der Waals surface area contributed by atoms with E-state index in [1.807, 2.05) is 0 Å². The van der Waals surface area contributed by atoms with E-state index in [9.17, 15) is 4.79 Å². The van der Waals surface area contributed by atoms with Gasteiger partial charge in [0.1, 0.15) is 5.78 Å². The molecule has 0 aliphatic heterocycles. The Balaban J connectivity index is 2.00. The molecule has 0 heterocycles. The number of hydrogen-bond acceptors (Lipinski definition) is 1. The van der Waals surface area contributed by atoms with Crippen LogP contribution in [0.4, 0.5) is 0 Å². The highest BCUT2D eigenvalue weighted by Gasteiger charge is 2.28. The van der Waals surface area contributed by atoms with Crippen LogP contribution in [-0.2, 0) is 11.2 Å². The van der Waals surface area contributed by atoms with Crippen LogP contribution in [0.1, 0.15) is 69.4 Å². The zero-order valence-electron chi connectivity index (χ0n) is 12.3. The molecule has 1 aliphatic rings. The molecule has 2 unspecified atom stereocenters. The molecule has 2 atom stereocenters. The van der Waals surface area contributed by atoms with Gasteiger partial charge in [-0.3, -0.25) is 4.79 Å². The normalized spacial score (nSPS) is 23.6. The van der Waals surface area contributed by atoms with Crippen molar-refractivity contribution in [3.05, 3.63) is 35.4 Å². The topological polar surface area (TPSA) is 17.1 Å². The molecule has 0 saturated heterocycles. The fraction of sp³-hybridized carbons (Fsp3) is 0.611. The van der Waals surface area contributed by atoms with Crippen molar-refractivity contribution in [1.82, 2.24) is 0 Å². The van der Waals surface area contributed by atoms with E-state index >= 15 is 0 Å². The minimum absolute atomic E-state index is 0.169. The van der Waals surface area contributed by atoms with Gasteiger partial charge in [0.2, 0.25) is 0 Å². The Hall–Kier alpha value is -1.11. The first-order valence-electron chi connectivity index (χ1n) is 7.86. The van der Waals surface area contributed by atoms with Crippen LogP contribution in [0.2, 0.25) is 0 Å². The molecular formula is C18H26O. The minimum atomic E-state index is 0.169. The first kappa shape index (κ1) is 14.3. The molecule has 1 aromatic rings. The fourth-order valence-corrected chi connectivity index (χ4v) is 3.09.